The van der Waals surface area contributed by atoms with Crippen LogP contribution in [0.3, 0.4) is 0 Å². The first-order valence-electron chi connectivity index (χ1n) is 3.95. The molecule has 0 radical (unpaired) electrons. The van der Waals surface area contributed by atoms with E-state index in [1.807, 2.05) is 0 Å². The average molecular weight is 218 g/mol. The van der Waals surface area contributed by atoms with E-state index < -0.39 is 28.3 Å². The van der Waals surface area contributed by atoms with E-state index in [1.54, 1.807) is 0 Å². The molecular formula is C8H8F2N2O3. The third kappa shape index (κ3) is 2.00. The van der Waals surface area contributed by atoms with Crippen LogP contribution < -0.4 is 4.74 Å². The molecule has 0 bridgehead atoms. The van der Waals surface area contributed by atoms with Crippen molar-refractivity contribution in [3.63, 3.8) is 0 Å². The fourth-order valence-electron chi connectivity index (χ4n) is 1.17. The molecule has 5 nitrogen and oxygen atoms in total. The summed E-state index contributed by atoms with van der Waals surface area (Å²) in [5.41, 5.74) is -1.05. The summed E-state index contributed by atoms with van der Waals surface area (Å²) in [6.07, 6.45) is -1.97. The van der Waals surface area contributed by atoms with E-state index in [0.29, 0.717) is 0 Å². The zero-order valence-electron chi connectivity index (χ0n) is 8.03. The second-order valence-corrected chi connectivity index (χ2v) is 2.74. The fourth-order valence-corrected chi connectivity index (χ4v) is 1.17. The average Bonchev–Trinajstić information content (AvgIpc) is 2.15. The highest BCUT2D eigenvalue weighted by atomic mass is 19.3. The van der Waals surface area contributed by atoms with Crippen molar-refractivity contribution >= 4 is 5.69 Å². The Labute approximate surface area is 83.8 Å². The number of aromatic nitrogens is 1. The molecule has 0 aliphatic heterocycles. The fraction of sp³-hybridized carbons (Fsp3) is 0.375. The first kappa shape index (κ1) is 11.3. The highest BCUT2D eigenvalue weighted by Crippen LogP contribution is 2.37. The van der Waals surface area contributed by atoms with Crippen LogP contribution in [-0.2, 0) is 0 Å². The topological polar surface area (TPSA) is 65.3 Å². The van der Waals surface area contributed by atoms with Crippen molar-refractivity contribution in [2.75, 3.05) is 7.11 Å². The summed E-state index contributed by atoms with van der Waals surface area (Å²) in [6, 6.07) is 0. The van der Waals surface area contributed by atoms with Gasteiger partial charge in [0.15, 0.2) is 0 Å². The molecule has 7 heteroatoms. The molecule has 0 atom stereocenters. The highest BCUT2D eigenvalue weighted by Gasteiger charge is 2.27. The second-order valence-electron chi connectivity index (χ2n) is 2.74. The molecule has 0 spiro atoms. The zero-order valence-corrected chi connectivity index (χ0v) is 8.03. The minimum Gasteiger partial charge on any atom is -0.490 e. The van der Waals surface area contributed by atoms with Crippen LogP contribution in [0.2, 0.25) is 0 Å². The molecule has 0 unspecified atom stereocenters. The Morgan fingerprint density at radius 1 is 1.60 bits per heavy atom. The van der Waals surface area contributed by atoms with Crippen molar-refractivity contribution < 1.29 is 18.4 Å². The molecule has 15 heavy (non-hydrogen) atoms. The van der Waals surface area contributed by atoms with Gasteiger partial charge in [0.05, 0.1) is 17.6 Å². The predicted molar refractivity (Wildman–Crippen MR) is 47.1 cm³/mol. The third-order valence-electron chi connectivity index (χ3n) is 1.84. The summed E-state index contributed by atoms with van der Waals surface area (Å²) in [7, 11) is 1.10. The minimum absolute atomic E-state index is 0.0428. The molecule has 0 N–H and O–H groups in total. The number of ether oxygens (including phenoxy) is 1. The Morgan fingerprint density at radius 2 is 2.20 bits per heavy atom. The SMILES string of the molecule is COc1c(C(F)F)cnc(C)c1[N+](=O)[O-]. The minimum atomic E-state index is -2.85. The first-order chi connectivity index (χ1) is 6.99. The lowest BCUT2D eigenvalue weighted by molar-refractivity contribution is -0.386. The molecule has 0 saturated heterocycles. The molecule has 1 aromatic heterocycles. The van der Waals surface area contributed by atoms with Gasteiger partial charge < -0.3 is 4.74 Å². The van der Waals surface area contributed by atoms with Gasteiger partial charge >= 0.3 is 5.69 Å². The van der Waals surface area contributed by atoms with Crippen molar-refractivity contribution in [2.45, 2.75) is 13.3 Å². The highest BCUT2D eigenvalue weighted by molar-refractivity contribution is 5.53. The Morgan fingerprint density at radius 3 is 2.60 bits per heavy atom. The van der Waals surface area contributed by atoms with Crippen LogP contribution in [0.5, 0.6) is 5.75 Å². The standard InChI is InChI=1S/C8H8F2N2O3/c1-4-6(12(13)14)7(15-2)5(3-11-4)8(9)10/h3,8H,1-2H3. The Balaban J connectivity index is 3.47. The van der Waals surface area contributed by atoms with Crippen molar-refractivity contribution in [1.29, 1.82) is 0 Å². The molecule has 0 aromatic carbocycles. The van der Waals surface area contributed by atoms with Gasteiger partial charge in [0, 0.05) is 6.20 Å². The van der Waals surface area contributed by atoms with Gasteiger partial charge in [0.1, 0.15) is 5.69 Å². The maximum Gasteiger partial charge on any atom is 0.332 e. The number of alkyl halides is 2. The monoisotopic (exact) mass is 218 g/mol. The quantitative estimate of drug-likeness (QED) is 0.576. The lowest BCUT2D eigenvalue weighted by Gasteiger charge is -2.08. The van der Waals surface area contributed by atoms with Crippen LogP contribution >= 0.6 is 0 Å². The van der Waals surface area contributed by atoms with E-state index in [9.17, 15) is 18.9 Å². The third-order valence-corrected chi connectivity index (χ3v) is 1.84. The Hall–Kier alpha value is -1.79. The van der Waals surface area contributed by atoms with Crippen molar-refractivity contribution in [3.8, 4) is 5.75 Å². The summed E-state index contributed by atoms with van der Waals surface area (Å²) < 4.78 is 29.5. The van der Waals surface area contributed by atoms with E-state index in [0.717, 1.165) is 13.3 Å². The number of aryl methyl sites for hydroxylation is 1. The first-order valence-corrected chi connectivity index (χ1v) is 3.95. The van der Waals surface area contributed by atoms with E-state index in [2.05, 4.69) is 9.72 Å². The van der Waals surface area contributed by atoms with Crippen molar-refractivity contribution in [1.82, 2.24) is 4.98 Å². The molecule has 0 fully saturated rings. The van der Waals surface area contributed by atoms with Crippen LogP contribution in [0.15, 0.2) is 6.20 Å². The lowest BCUT2D eigenvalue weighted by Crippen LogP contribution is -2.02. The van der Waals surface area contributed by atoms with Crippen molar-refractivity contribution in [3.05, 3.63) is 27.6 Å². The molecule has 1 rings (SSSR count). The Kier molecular flexibility index (Phi) is 3.13. The number of rotatable bonds is 3. The summed E-state index contributed by atoms with van der Waals surface area (Å²) >= 11 is 0. The summed E-state index contributed by atoms with van der Waals surface area (Å²) in [6.45, 7) is 1.36. The van der Waals surface area contributed by atoms with Crippen LogP contribution in [0.4, 0.5) is 14.5 Å². The predicted octanol–water partition coefficient (Wildman–Crippen LogP) is 2.24. The van der Waals surface area contributed by atoms with Gasteiger partial charge in [0.25, 0.3) is 6.43 Å². The molecule has 0 aliphatic carbocycles. The zero-order chi connectivity index (χ0) is 11.6. The van der Waals surface area contributed by atoms with Gasteiger partial charge in [-0.3, -0.25) is 15.1 Å². The number of pyridine rings is 1. The van der Waals surface area contributed by atoms with Crippen LogP contribution in [0.1, 0.15) is 17.7 Å². The van der Waals surface area contributed by atoms with Crippen LogP contribution in [0.25, 0.3) is 0 Å². The summed E-state index contributed by atoms with van der Waals surface area (Å²) in [5.74, 6) is -0.428. The van der Waals surface area contributed by atoms with E-state index in [1.165, 1.54) is 6.92 Å². The molecule has 82 valence electrons. The van der Waals surface area contributed by atoms with E-state index >= 15 is 0 Å². The molecular weight excluding hydrogens is 210 g/mol. The smallest absolute Gasteiger partial charge is 0.332 e. The van der Waals surface area contributed by atoms with Crippen LogP contribution in [0, 0.1) is 17.0 Å². The molecule has 0 aliphatic rings. The number of nitro groups is 1. The van der Waals surface area contributed by atoms with Gasteiger partial charge in [0.2, 0.25) is 5.75 Å². The van der Waals surface area contributed by atoms with Gasteiger partial charge in [-0.15, -0.1) is 0 Å². The van der Waals surface area contributed by atoms with Crippen LogP contribution in [-0.4, -0.2) is 17.0 Å². The molecule has 1 heterocycles. The van der Waals surface area contributed by atoms with Gasteiger partial charge in [-0.05, 0) is 6.92 Å². The number of halogens is 2. The van der Waals surface area contributed by atoms with Gasteiger partial charge in [-0.1, -0.05) is 0 Å². The normalized spacial score (nSPS) is 10.5. The van der Waals surface area contributed by atoms with Gasteiger partial charge in [-0.25, -0.2) is 8.78 Å². The number of hydrogen-bond acceptors (Lipinski definition) is 4. The summed E-state index contributed by atoms with van der Waals surface area (Å²) in [4.78, 5) is 13.4. The molecule has 0 saturated carbocycles. The maximum atomic E-state index is 12.4. The molecule has 0 amide bonds. The number of hydrogen-bond donors (Lipinski definition) is 0. The molecule has 1 aromatic rings. The van der Waals surface area contributed by atoms with E-state index in [4.69, 9.17) is 0 Å². The number of nitrogens with zero attached hydrogens (tertiary/aromatic N) is 2. The van der Waals surface area contributed by atoms with E-state index in [-0.39, 0.29) is 5.69 Å². The summed E-state index contributed by atoms with van der Waals surface area (Å²) in [5, 5.41) is 10.6. The Bertz CT molecular complexity index is 396. The van der Waals surface area contributed by atoms with Gasteiger partial charge in [-0.2, -0.15) is 0 Å². The number of methoxy groups -OCH3 is 1. The largest absolute Gasteiger partial charge is 0.490 e. The lowest BCUT2D eigenvalue weighted by atomic mass is 10.2. The van der Waals surface area contributed by atoms with Crippen molar-refractivity contribution in [2.24, 2.45) is 0 Å². The maximum absolute atomic E-state index is 12.4. The second kappa shape index (κ2) is 4.16.